The maximum atomic E-state index is 5.70. The number of alkyl halides is 1. The van der Waals surface area contributed by atoms with E-state index >= 15 is 0 Å². The van der Waals surface area contributed by atoms with Crippen molar-refractivity contribution in [3.05, 3.63) is 48.4 Å². The van der Waals surface area contributed by atoms with E-state index in [1.165, 1.54) is 5.39 Å². The lowest BCUT2D eigenvalue weighted by Gasteiger charge is -2.01. The zero-order valence-electron chi connectivity index (χ0n) is 10.3. The van der Waals surface area contributed by atoms with Crippen LogP contribution in [0.15, 0.2) is 46.9 Å². The van der Waals surface area contributed by atoms with Gasteiger partial charge in [-0.3, -0.25) is 0 Å². The fourth-order valence-electron chi connectivity index (χ4n) is 2.09. The average Bonchev–Trinajstić information content (AvgIpc) is 2.93. The van der Waals surface area contributed by atoms with Crippen LogP contribution >= 0.6 is 11.6 Å². The molecule has 0 saturated carbocycles. The van der Waals surface area contributed by atoms with Crippen molar-refractivity contribution in [3.63, 3.8) is 0 Å². The molecule has 19 heavy (non-hydrogen) atoms. The molecule has 0 aliphatic rings. The summed E-state index contributed by atoms with van der Waals surface area (Å²) in [6.07, 6.45) is 1.57. The van der Waals surface area contributed by atoms with Crippen molar-refractivity contribution < 1.29 is 4.42 Å². The summed E-state index contributed by atoms with van der Waals surface area (Å²) in [5.41, 5.74) is 0.975. The summed E-state index contributed by atoms with van der Waals surface area (Å²) in [6.45, 7) is 0. The van der Waals surface area contributed by atoms with Crippen molar-refractivity contribution in [2.24, 2.45) is 0 Å². The quantitative estimate of drug-likeness (QED) is 0.672. The standard InChI is InChI=1S/C15H13ClN2O/c16-10-4-9-14-17-18-15(19-14)13-8-3-6-11-5-1-2-7-12(11)13/h1-3,5-8H,4,9-10H2. The van der Waals surface area contributed by atoms with E-state index in [-0.39, 0.29) is 0 Å². The first-order valence-corrected chi connectivity index (χ1v) is 6.78. The number of aromatic nitrogens is 2. The first-order chi connectivity index (χ1) is 9.38. The van der Waals surface area contributed by atoms with Crippen molar-refractivity contribution in [3.8, 4) is 11.5 Å². The third-order valence-corrected chi connectivity index (χ3v) is 3.28. The second-order valence-corrected chi connectivity index (χ2v) is 4.70. The topological polar surface area (TPSA) is 38.9 Å². The minimum atomic E-state index is 0.571. The maximum Gasteiger partial charge on any atom is 0.248 e. The fourth-order valence-corrected chi connectivity index (χ4v) is 2.23. The molecule has 1 heterocycles. The molecule has 1 aromatic heterocycles. The fraction of sp³-hybridized carbons (Fsp3) is 0.200. The van der Waals surface area contributed by atoms with Gasteiger partial charge in [-0.05, 0) is 23.3 Å². The van der Waals surface area contributed by atoms with Crippen molar-refractivity contribution in [1.82, 2.24) is 10.2 Å². The smallest absolute Gasteiger partial charge is 0.248 e. The molecular formula is C15H13ClN2O. The van der Waals surface area contributed by atoms with Gasteiger partial charge in [0.2, 0.25) is 11.8 Å². The highest BCUT2D eigenvalue weighted by Gasteiger charge is 2.10. The van der Waals surface area contributed by atoms with E-state index in [1.807, 2.05) is 24.3 Å². The Hall–Kier alpha value is -1.87. The zero-order valence-corrected chi connectivity index (χ0v) is 11.1. The molecule has 4 heteroatoms. The molecule has 3 nitrogen and oxygen atoms in total. The maximum absolute atomic E-state index is 5.70. The third kappa shape index (κ3) is 2.47. The Kier molecular flexibility index (Phi) is 3.47. The minimum absolute atomic E-state index is 0.571. The molecule has 3 rings (SSSR count). The molecule has 0 N–H and O–H groups in total. The molecular weight excluding hydrogens is 260 g/mol. The van der Waals surface area contributed by atoms with Crippen molar-refractivity contribution in [2.45, 2.75) is 12.8 Å². The van der Waals surface area contributed by atoms with Gasteiger partial charge in [-0.25, -0.2) is 0 Å². The highest BCUT2D eigenvalue weighted by molar-refractivity contribution is 6.17. The Labute approximate surface area is 116 Å². The molecule has 0 fully saturated rings. The molecule has 0 amide bonds. The van der Waals surface area contributed by atoms with Crippen LogP contribution in [0, 0.1) is 0 Å². The van der Waals surface area contributed by atoms with Crippen LogP contribution in [0.3, 0.4) is 0 Å². The van der Waals surface area contributed by atoms with Gasteiger partial charge in [0.15, 0.2) is 0 Å². The van der Waals surface area contributed by atoms with Gasteiger partial charge in [0.1, 0.15) is 0 Å². The third-order valence-electron chi connectivity index (χ3n) is 3.01. The zero-order chi connectivity index (χ0) is 13.1. The molecule has 2 aromatic carbocycles. The predicted octanol–water partition coefficient (Wildman–Crippen LogP) is 4.06. The molecule has 0 aliphatic carbocycles. The molecule has 0 aliphatic heterocycles. The van der Waals surface area contributed by atoms with Gasteiger partial charge in [0.25, 0.3) is 0 Å². The number of fused-ring (bicyclic) bond motifs is 1. The van der Waals surface area contributed by atoms with Gasteiger partial charge >= 0.3 is 0 Å². The number of benzene rings is 2. The number of hydrogen-bond acceptors (Lipinski definition) is 3. The van der Waals surface area contributed by atoms with Gasteiger partial charge in [-0.2, -0.15) is 0 Å². The lowest BCUT2D eigenvalue weighted by atomic mass is 10.0. The van der Waals surface area contributed by atoms with Crippen LogP contribution in [0.5, 0.6) is 0 Å². The second kappa shape index (κ2) is 5.41. The summed E-state index contributed by atoms with van der Waals surface area (Å²) in [7, 11) is 0. The molecule has 0 radical (unpaired) electrons. The Morgan fingerprint density at radius 2 is 1.84 bits per heavy atom. The minimum Gasteiger partial charge on any atom is -0.421 e. The van der Waals surface area contributed by atoms with Gasteiger partial charge in [-0.1, -0.05) is 36.4 Å². The van der Waals surface area contributed by atoms with Gasteiger partial charge in [0.05, 0.1) is 0 Å². The van der Waals surface area contributed by atoms with E-state index in [0.29, 0.717) is 17.7 Å². The van der Waals surface area contributed by atoms with Crippen LogP contribution in [-0.4, -0.2) is 16.1 Å². The number of nitrogens with zero attached hydrogens (tertiary/aromatic N) is 2. The molecule has 96 valence electrons. The predicted molar refractivity (Wildman–Crippen MR) is 76.3 cm³/mol. The molecule has 0 unspecified atom stereocenters. The highest BCUT2D eigenvalue weighted by atomic mass is 35.5. The van der Waals surface area contributed by atoms with Gasteiger partial charge < -0.3 is 4.42 Å². The monoisotopic (exact) mass is 272 g/mol. The van der Waals surface area contributed by atoms with Crippen LogP contribution in [0.2, 0.25) is 0 Å². The van der Waals surface area contributed by atoms with Crippen LogP contribution in [0.4, 0.5) is 0 Å². The van der Waals surface area contributed by atoms with Crippen LogP contribution in [-0.2, 0) is 6.42 Å². The van der Waals surface area contributed by atoms with E-state index in [0.717, 1.165) is 23.8 Å². The van der Waals surface area contributed by atoms with Crippen LogP contribution in [0.1, 0.15) is 12.3 Å². The lowest BCUT2D eigenvalue weighted by Crippen LogP contribution is -1.85. The van der Waals surface area contributed by atoms with Crippen molar-refractivity contribution in [2.75, 3.05) is 5.88 Å². The highest BCUT2D eigenvalue weighted by Crippen LogP contribution is 2.27. The summed E-state index contributed by atoms with van der Waals surface area (Å²) in [5.74, 6) is 1.82. The molecule has 0 saturated heterocycles. The van der Waals surface area contributed by atoms with E-state index in [1.54, 1.807) is 0 Å². The molecule has 3 aromatic rings. The van der Waals surface area contributed by atoms with Crippen LogP contribution in [0.25, 0.3) is 22.2 Å². The van der Waals surface area contributed by atoms with E-state index in [9.17, 15) is 0 Å². The van der Waals surface area contributed by atoms with E-state index in [2.05, 4.69) is 28.4 Å². The number of rotatable bonds is 4. The van der Waals surface area contributed by atoms with Crippen molar-refractivity contribution in [1.29, 1.82) is 0 Å². The summed E-state index contributed by atoms with van der Waals surface area (Å²) in [4.78, 5) is 0. The summed E-state index contributed by atoms with van der Waals surface area (Å²) in [5, 5.41) is 10.5. The largest absolute Gasteiger partial charge is 0.421 e. The summed E-state index contributed by atoms with van der Waals surface area (Å²) < 4.78 is 5.70. The van der Waals surface area contributed by atoms with Gasteiger partial charge in [-0.15, -0.1) is 21.8 Å². The number of halogens is 1. The molecule has 0 atom stereocenters. The van der Waals surface area contributed by atoms with Crippen molar-refractivity contribution >= 4 is 22.4 Å². The van der Waals surface area contributed by atoms with E-state index < -0.39 is 0 Å². The SMILES string of the molecule is ClCCCc1nnc(-c2cccc3ccccc23)o1. The Balaban J connectivity index is 2.02. The molecule has 0 spiro atoms. The summed E-state index contributed by atoms with van der Waals surface area (Å²) in [6, 6.07) is 14.2. The lowest BCUT2D eigenvalue weighted by molar-refractivity contribution is 0.503. The van der Waals surface area contributed by atoms with Gasteiger partial charge in [0, 0.05) is 17.9 Å². The molecule has 0 bridgehead atoms. The number of aryl methyl sites for hydroxylation is 1. The Morgan fingerprint density at radius 1 is 1.00 bits per heavy atom. The van der Waals surface area contributed by atoms with E-state index in [4.69, 9.17) is 16.0 Å². The van der Waals surface area contributed by atoms with Crippen LogP contribution < -0.4 is 0 Å². The summed E-state index contributed by atoms with van der Waals surface area (Å²) >= 11 is 5.66. The first kappa shape index (κ1) is 12.2. The second-order valence-electron chi connectivity index (χ2n) is 4.32. The average molecular weight is 273 g/mol. The Morgan fingerprint density at radius 3 is 2.74 bits per heavy atom. The normalized spacial score (nSPS) is 11.0. The number of hydrogen-bond donors (Lipinski definition) is 0. The first-order valence-electron chi connectivity index (χ1n) is 6.25. The Bertz CT molecular complexity index is 688.